The van der Waals surface area contributed by atoms with E-state index in [0.29, 0.717) is 5.69 Å². The highest BCUT2D eigenvalue weighted by Gasteiger charge is 2.14. The zero-order valence-electron chi connectivity index (χ0n) is 9.04. The number of aryl methyl sites for hydroxylation is 1. The second-order valence-electron chi connectivity index (χ2n) is 4.43. The lowest BCUT2D eigenvalue weighted by molar-refractivity contribution is 0.111. The predicted molar refractivity (Wildman–Crippen MR) is 58.9 cm³/mol. The summed E-state index contributed by atoms with van der Waals surface area (Å²) in [5.74, 6) is 0.863. The second-order valence-corrected chi connectivity index (χ2v) is 4.43. The van der Waals surface area contributed by atoms with Crippen LogP contribution in [0.2, 0.25) is 0 Å². The summed E-state index contributed by atoms with van der Waals surface area (Å²) in [6.45, 7) is 0. The molecular formula is C12H18N2O. The van der Waals surface area contributed by atoms with E-state index >= 15 is 0 Å². The molecule has 1 aliphatic carbocycles. The fourth-order valence-corrected chi connectivity index (χ4v) is 2.46. The first-order chi connectivity index (χ1) is 7.40. The van der Waals surface area contributed by atoms with Gasteiger partial charge in [0.2, 0.25) is 0 Å². The van der Waals surface area contributed by atoms with Crippen LogP contribution in [0.15, 0.2) is 6.33 Å². The number of H-pyrrole nitrogens is 1. The van der Waals surface area contributed by atoms with Gasteiger partial charge in [0, 0.05) is 5.69 Å². The average Bonchev–Trinajstić information content (AvgIpc) is 2.75. The van der Waals surface area contributed by atoms with E-state index in [9.17, 15) is 4.79 Å². The van der Waals surface area contributed by atoms with Gasteiger partial charge in [0.25, 0.3) is 0 Å². The molecule has 0 saturated heterocycles. The quantitative estimate of drug-likeness (QED) is 0.770. The number of aromatic amines is 1. The van der Waals surface area contributed by atoms with Crippen molar-refractivity contribution < 1.29 is 4.79 Å². The maximum Gasteiger partial charge on any atom is 0.170 e. The largest absolute Gasteiger partial charge is 0.348 e. The number of aromatic nitrogens is 2. The molecule has 3 heteroatoms. The summed E-state index contributed by atoms with van der Waals surface area (Å²) in [4.78, 5) is 17.7. The Morgan fingerprint density at radius 1 is 1.40 bits per heavy atom. The molecule has 0 aromatic carbocycles. The van der Waals surface area contributed by atoms with Crippen molar-refractivity contribution in [3.63, 3.8) is 0 Å². The first-order valence-electron chi connectivity index (χ1n) is 5.87. The Labute approximate surface area is 90.3 Å². The normalized spacial score (nSPS) is 17.9. The molecular weight excluding hydrogens is 188 g/mol. The number of rotatable bonds is 4. The summed E-state index contributed by atoms with van der Waals surface area (Å²) in [6, 6.07) is 0. The Hall–Kier alpha value is -1.12. The zero-order chi connectivity index (χ0) is 10.5. The lowest BCUT2D eigenvalue weighted by atomic mass is 9.86. The van der Waals surface area contributed by atoms with Crippen LogP contribution in [-0.4, -0.2) is 16.3 Å². The van der Waals surface area contributed by atoms with Crippen LogP contribution in [-0.2, 0) is 6.42 Å². The predicted octanol–water partition coefficient (Wildman–Crippen LogP) is 2.74. The van der Waals surface area contributed by atoms with Crippen molar-refractivity contribution in [2.75, 3.05) is 0 Å². The number of carbonyl (C=O) groups excluding carboxylic acids is 1. The van der Waals surface area contributed by atoms with E-state index in [4.69, 9.17) is 0 Å². The third kappa shape index (κ3) is 2.67. The second kappa shape index (κ2) is 5.10. The maximum absolute atomic E-state index is 10.7. The van der Waals surface area contributed by atoms with Gasteiger partial charge in [0.15, 0.2) is 6.29 Å². The molecule has 0 bridgehead atoms. The van der Waals surface area contributed by atoms with Crippen molar-refractivity contribution in [1.29, 1.82) is 0 Å². The van der Waals surface area contributed by atoms with E-state index in [1.807, 2.05) is 0 Å². The molecule has 0 aliphatic heterocycles. The van der Waals surface area contributed by atoms with Crippen LogP contribution in [0.5, 0.6) is 0 Å². The third-order valence-corrected chi connectivity index (χ3v) is 3.39. The summed E-state index contributed by atoms with van der Waals surface area (Å²) in [7, 11) is 0. The molecule has 1 aromatic rings. The highest BCUT2D eigenvalue weighted by atomic mass is 16.1. The highest BCUT2D eigenvalue weighted by Crippen LogP contribution is 2.27. The van der Waals surface area contributed by atoms with Crippen LogP contribution in [0.25, 0.3) is 0 Å². The first kappa shape index (κ1) is 10.4. The molecule has 0 radical (unpaired) electrons. The molecule has 15 heavy (non-hydrogen) atoms. The average molecular weight is 206 g/mol. The molecule has 1 aromatic heterocycles. The number of hydrogen-bond acceptors (Lipinski definition) is 2. The third-order valence-electron chi connectivity index (χ3n) is 3.39. The van der Waals surface area contributed by atoms with Crippen LogP contribution in [0.3, 0.4) is 0 Å². The summed E-state index contributed by atoms with van der Waals surface area (Å²) in [5.41, 5.74) is 1.60. The van der Waals surface area contributed by atoms with Crippen LogP contribution in [0.1, 0.15) is 54.7 Å². The Kier molecular flexibility index (Phi) is 3.54. The van der Waals surface area contributed by atoms with Crippen molar-refractivity contribution in [1.82, 2.24) is 9.97 Å². The van der Waals surface area contributed by atoms with Crippen molar-refractivity contribution in [2.24, 2.45) is 5.92 Å². The van der Waals surface area contributed by atoms with Gasteiger partial charge in [-0.15, -0.1) is 0 Å². The fraction of sp³-hybridized carbons (Fsp3) is 0.667. The topological polar surface area (TPSA) is 45.8 Å². The van der Waals surface area contributed by atoms with Gasteiger partial charge in [0.1, 0.15) is 5.69 Å². The Morgan fingerprint density at radius 2 is 2.20 bits per heavy atom. The van der Waals surface area contributed by atoms with E-state index in [0.717, 1.165) is 24.3 Å². The van der Waals surface area contributed by atoms with E-state index in [1.54, 1.807) is 6.33 Å². The molecule has 1 fully saturated rings. The van der Waals surface area contributed by atoms with Crippen molar-refractivity contribution in [3.05, 3.63) is 17.7 Å². The molecule has 0 atom stereocenters. The SMILES string of the molecule is O=Cc1nc[nH]c1CCC1CCCCC1. The van der Waals surface area contributed by atoms with Gasteiger partial charge in [0.05, 0.1) is 6.33 Å². The molecule has 82 valence electrons. The van der Waals surface area contributed by atoms with Crippen LogP contribution in [0, 0.1) is 5.92 Å². The molecule has 0 amide bonds. The molecule has 1 saturated carbocycles. The minimum atomic E-state index is 0.589. The number of nitrogens with one attached hydrogen (secondary N) is 1. The van der Waals surface area contributed by atoms with Crippen molar-refractivity contribution in [2.45, 2.75) is 44.9 Å². The van der Waals surface area contributed by atoms with E-state index in [1.165, 1.54) is 38.5 Å². The summed E-state index contributed by atoms with van der Waals surface area (Å²) in [5, 5.41) is 0. The Morgan fingerprint density at radius 3 is 2.93 bits per heavy atom. The van der Waals surface area contributed by atoms with Crippen LogP contribution < -0.4 is 0 Å². The van der Waals surface area contributed by atoms with Crippen molar-refractivity contribution in [3.8, 4) is 0 Å². The molecule has 1 N–H and O–H groups in total. The van der Waals surface area contributed by atoms with Gasteiger partial charge in [-0.3, -0.25) is 4.79 Å². The molecule has 0 unspecified atom stereocenters. The molecule has 3 nitrogen and oxygen atoms in total. The maximum atomic E-state index is 10.7. The standard InChI is InChI=1S/C12H18N2O/c15-8-12-11(13-9-14-12)7-6-10-4-2-1-3-5-10/h8-10H,1-7H2,(H,13,14). The van der Waals surface area contributed by atoms with Crippen LogP contribution >= 0.6 is 0 Å². The van der Waals surface area contributed by atoms with Gasteiger partial charge in [-0.2, -0.15) is 0 Å². The number of carbonyl (C=O) groups is 1. The summed E-state index contributed by atoms with van der Waals surface area (Å²) >= 11 is 0. The smallest absolute Gasteiger partial charge is 0.170 e. The Bertz CT molecular complexity index is 313. The van der Waals surface area contributed by atoms with Crippen molar-refractivity contribution >= 4 is 6.29 Å². The highest BCUT2D eigenvalue weighted by molar-refractivity contribution is 5.73. The molecule has 0 spiro atoms. The first-order valence-corrected chi connectivity index (χ1v) is 5.87. The van der Waals surface area contributed by atoms with Gasteiger partial charge in [-0.25, -0.2) is 4.98 Å². The lowest BCUT2D eigenvalue weighted by Gasteiger charge is -2.20. The van der Waals surface area contributed by atoms with Crippen LogP contribution in [0.4, 0.5) is 0 Å². The van der Waals surface area contributed by atoms with Gasteiger partial charge in [-0.1, -0.05) is 32.1 Å². The molecule has 1 aliphatic rings. The monoisotopic (exact) mass is 206 g/mol. The minimum Gasteiger partial charge on any atom is -0.348 e. The summed E-state index contributed by atoms with van der Waals surface area (Å²) in [6.07, 6.45) is 11.5. The van der Waals surface area contributed by atoms with Gasteiger partial charge < -0.3 is 4.98 Å². The fourth-order valence-electron chi connectivity index (χ4n) is 2.46. The summed E-state index contributed by atoms with van der Waals surface area (Å²) < 4.78 is 0. The zero-order valence-corrected chi connectivity index (χ0v) is 9.04. The number of hydrogen-bond donors (Lipinski definition) is 1. The number of imidazole rings is 1. The van der Waals surface area contributed by atoms with E-state index in [-0.39, 0.29) is 0 Å². The molecule has 1 heterocycles. The number of aldehydes is 1. The van der Waals surface area contributed by atoms with E-state index in [2.05, 4.69) is 9.97 Å². The lowest BCUT2D eigenvalue weighted by Crippen LogP contribution is -2.08. The number of nitrogens with zero attached hydrogens (tertiary/aromatic N) is 1. The Balaban J connectivity index is 1.84. The van der Waals surface area contributed by atoms with Gasteiger partial charge >= 0.3 is 0 Å². The minimum absolute atomic E-state index is 0.589. The van der Waals surface area contributed by atoms with E-state index < -0.39 is 0 Å². The van der Waals surface area contributed by atoms with Gasteiger partial charge in [-0.05, 0) is 18.8 Å². The molecule has 2 rings (SSSR count).